The Labute approximate surface area is 95.8 Å². The van der Waals surface area contributed by atoms with Crippen molar-refractivity contribution in [3.05, 3.63) is 12.4 Å². The van der Waals surface area contributed by atoms with Crippen LogP contribution in [0.3, 0.4) is 0 Å². The summed E-state index contributed by atoms with van der Waals surface area (Å²) < 4.78 is 7.05. The van der Waals surface area contributed by atoms with Gasteiger partial charge in [0.05, 0.1) is 12.4 Å². The van der Waals surface area contributed by atoms with Gasteiger partial charge in [0, 0.05) is 12.6 Å². The van der Waals surface area contributed by atoms with Crippen molar-refractivity contribution in [2.24, 2.45) is 0 Å². The van der Waals surface area contributed by atoms with Crippen molar-refractivity contribution in [2.75, 3.05) is 6.61 Å². The molecule has 5 nitrogen and oxygen atoms in total. The van der Waals surface area contributed by atoms with E-state index >= 15 is 0 Å². The van der Waals surface area contributed by atoms with Gasteiger partial charge in [0.15, 0.2) is 12.4 Å². The zero-order valence-corrected chi connectivity index (χ0v) is 10.1. The second-order valence-corrected chi connectivity index (χ2v) is 3.70. The molecule has 0 radical (unpaired) electrons. The molecule has 1 amide bonds. The molecule has 1 rings (SSSR count). The lowest BCUT2D eigenvalue weighted by atomic mass is 10.2. The molecule has 1 heterocycles. The monoisotopic (exact) mass is 225 g/mol. The number of aryl methyl sites for hydroxylation is 1. The number of ether oxygens (including phenoxy) is 1. The molecule has 1 aromatic heterocycles. The van der Waals surface area contributed by atoms with Gasteiger partial charge in [-0.3, -0.25) is 9.48 Å². The van der Waals surface area contributed by atoms with Crippen molar-refractivity contribution in [2.45, 2.75) is 39.8 Å². The molecule has 1 N–H and O–H groups in total. The Morgan fingerprint density at radius 2 is 2.38 bits per heavy atom. The molecule has 0 aromatic carbocycles. The number of nitrogens with one attached hydrogen (secondary N) is 1. The van der Waals surface area contributed by atoms with Gasteiger partial charge in [0.2, 0.25) is 0 Å². The molecule has 0 fully saturated rings. The second kappa shape index (κ2) is 6.15. The molecule has 0 aliphatic heterocycles. The maximum atomic E-state index is 11.4. The summed E-state index contributed by atoms with van der Waals surface area (Å²) in [6.07, 6.45) is 4.30. The molecule has 0 aliphatic rings. The van der Waals surface area contributed by atoms with Crippen LogP contribution in [0.5, 0.6) is 5.75 Å². The number of hydrogen-bond donors (Lipinski definition) is 1. The lowest BCUT2D eigenvalue weighted by Gasteiger charge is -2.11. The maximum absolute atomic E-state index is 11.4. The van der Waals surface area contributed by atoms with E-state index in [-0.39, 0.29) is 18.6 Å². The molecule has 1 unspecified atom stereocenters. The Morgan fingerprint density at radius 3 is 2.94 bits per heavy atom. The molecular weight excluding hydrogens is 206 g/mol. The van der Waals surface area contributed by atoms with Crippen LogP contribution in [0.15, 0.2) is 12.4 Å². The molecule has 0 saturated carbocycles. The molecule has 1 aromatic rings. The van der Waals surface area contributed by atoms with E-state index < -0.39 is 0 Å². The summed E-state index contributed by atoms with van der Waals surface area (Å²) in [4.78, 5) is 11.4. The highest BCUT2D eigenvalue weighted by atomic mass is 16.5. The first-order chi connectivity index (χ1) is 7.65. The van der Waals surface area contributed by atoms with E-state index in [0.717, 1.165) is 13.0 Å². The van der Waals surface area contributed by atoms with Crippen molar-refractivity contribution >= 4 is 5.91 Å². The van der Waals surface area contributed by atoms with Gasteiger partial charge in [0.25, 0.3) is 5.91 Å². The van der Waals surface area contributed by atoms with Crippen molar-refractivity contribution < 1.29 is 9.53 Å². The van der Waals surface area contributed by atoms with Crippen LogP contribution < -0.4 is 10.1 Å². The van der Waals surface area contributed by atoms with E-state index in [1.54, 1.807) is 17.1 Å². The third-order valence-electron chi connectivity index (χ3n) is 2.32. The first kappa shape index (κ1) is 12.5. The topological polar surface area (TPSA) is 56.1 Å². The smallest absolute Gasteiger partial charge is 0.258 e. The minimum Gasteiger partial charge on any atom is -0.480 e. The average molecular weight is 225 g/mol. The maximum Gasteiger partial charge on any atom is 0.258 e. The van der Waals surface area contributed by atoms with Crippen molar-refractivity contribution in [3.8, 4) is 5.75 Å². The Morgan fingerprint density at radius 1 is 1.62 bits per heavy atom. The quantitative estimate of drug-likeness (QED) is 0.791. The highest BCUT2D eigenvalue weighted by molar-refractivity contribution is 5.77. The van der Waals surface area contributed by atoms with Gasteiger partial charge >= 0.3 is 0 Å². The minimum absolute atomic E-state index is 0.0414. The van der Waals surface area contributed by atoms with Crippen LogP contribution in [0.2, 0.25) is 0 Å². The zero-order valence-electron chi connectivity index (χ0n) is 10.1. The minimum atomic E-state index is -0.0985. The van der Waals surface area contributed by atoms with E-state index in [9.17, 15) is 4.79 Å². The van der Waals surface area contributed by atoms with Crippen LogP contribution in [0.25, 0.3) is 0 Å². The summed E-state index contributed by atoms with van der Waals surface area (Å²) in [5, 5.41) is 6.88. The van der Waals surface area contributed by atoms with Crippen LogP contribution in [0, 0.1) is 0 Å². The Hall–Kier alpha value is -1.52. The van der Waals surface area contributed by atoms with Gasteiger partial charge in [-0.05, 0) is 20.3 Å². The highest BCUT2D eigenvalue weighted by Gasteiger charge is 2.06. The van der Waals surface area contributed by atoms with Gasteiger partial charge < -0.3 is 10.1 Å². The SMILES string of the molecule is CCC(C)NC(=O)COc1cnn(CC)c1. The van der Waals surface area contributed by atoms with Gasteiger partial charge in [0.1, 0.15) is 0 Å². The predicted octanol–water partition coefficient (Wildman–Crippen LogP) is 1.20. The number of rotatable bonds is 6. The molecule has 90 valence electrons. The summed E-state index contributed by atoms with van der Waals surface area (Å²) in [7, 11) is 0. The fourth-order valence-electron chi connectivity index (χ4n) is 1.16. The summed E-state index contributed by atoms with van der Waals surface area (Å²) in [6, 6.07) is 0.189. The van der Waals surface area contributed by atoms with E-state index in [1.165, 1.54) is 0 Å². The van der Waals surface area contributed by atoms with Crippen molar-refractivity contribution in [3.63, 3.8) is 0 Å². The summed E-state index contributed by atoms with van der Waals surface area (Å²) in [5.74, 6) is 0.528. The van der Waals surface area contributed by atoms with E-state index in [2.05, 4.69) is 10.4 Å². The lowest BCUT2D eigenvalue weighted by molar-refractivity contribution is -0.123. The number of amides is 1. The van der Waals surface area contributed by atoms with Gasteiger partial charge in [-0.25, -0.2) is 0 Å². The Balaban J connectivity index is 2.31. The third kappa shape index (κ3) is 3.92. The molecule has 1 atom stereocenters. The van der Waals surface area contributed by atoms with Gasteiger partial charge in [-0.15, -0.1) is 0 Å². The fourth-order valence-corrected chi connectivity index (χ4v) is 1.16. The normalized spacial score (nSPS) is 12.2. The van der Waals surface area contributed by atoms with Crippen LogP contribution >= 0.6 is 0 Å². The number of nitrogens with zero attached hydrogens (tertiary/aromatic N) is 2. The molecule has 5 heteroatoms. The number of aromatic nitrogens is 2. The second-order valence-electron chi connectivity index (χ2n) is 3.70. The number of carbonyl (C=O) groups excluding carboxylic acids is 1. The fraction of sp³-hybridized carbons (Fsp3) is 0.636. The lowest BCUT2D eigenvalue weighted by Crippen LogP contribution is -2.35. The zero-order chi connectivity index (χ0) is 12.0. The van der Waals surface area contributed by atoms with Crippen molar-refractivity contribution in [1.82, 2.24) is 15.1 Å². The third-order valence-corrected chi connectivity index (χ3v) is 2.32. The van der Waals surface area contributed by atoms with E-state index in [0.29, 0.717) is 5.75 Å². The van der Waals surface area contributed by atoms with Crippen LogP contribution in [0.4, 0.5) is 0 Å². The summed E-state index contributed by atoms with van der Waals surface area (Å²) in [6.45, 7) is 6.82. The first-order valence-electron chi connectivity index (χ1n) is 5.60. The Kier molecular flexibility index (Phi) is 4.82. The number of hydrogen-bond acceptors (Lipinski definition) is 3. The van der Waals surface area contributed by atoms with Gasteiger partial charge in [-0.1, -0.05) is 6.92 Å². The number of carbonyl (C=O) groups is 1. The molecule has 0 bridgehead atoms. The first-order valence-corrected chi connectivity index (χ1v) is 5.60. The van der Waals surface area contributed by atoms with Crippen LogP contribution in [-0.4, -0.2) is 28.3 Å². The largest absolute Gasteiger partial charge is 0.480 e. The van der Waals surface area contributed by atoms with Crippen LogP contribution in [0.1, 0.15) is 27.2 Å². The van der Waals surface area contributed by atoms with E-state index in [4.69, 9.17) is 4.74 Å². The summed E-state index contributed by atoms with van der Waals surface area (Å²) in [5.41, 5.74) is 0. The highest BCUT2D eigenvalue weighted by Crippen LogP contribution is 2.07. The summed E-state index contributed by atoms with van der Waals surface area (Å²) >= 11 is 0. The van der Waals surface area contributed by atoms with E-state index in [1.807, 2.05) is 20.8 Å². The molecular formula is C11H19N3O2. The van der Waals surface area contributed by atoms with Gasteiger partial charge in [-0.2, -0.15) is 5.10 Å². The standard InChI is InChI=1S/C11H19N3O2/c1-4-9(3)13-11(15)8-16-10-6-12-14(5-2)7-10/h6-7,9H,4-5,8H2,1-3H3,(H,13,15). The predicted molar refractivity (Wildman–Crippen MR) is 61.3 cm³/mol. The molecule has 0 saturated heterocycles. The molecule has 0 spiro atoms. The average Bonchev–Trinajstić information content (AvgIpc) is 2.74. The Bertz CT molecular complexity index is 336. The van der Waals surface area contributed by atoms with Crippen molar-refractivity contribution in [1.29, 1.82) is 0 Å². The molecule has 16 heavy (non-hydrogen) atoms. The molecule has 0 aliphatic carbocycles. The van der Waals surface area contributed by atoms with Crippen LogP contribution in [-0.2, 0) is 11.3 Å².